The minimum atomic E-state index is -0.0968. The Kier molecular flexibility index (Phi) is 5.96. The molecule has 0 aromatic heterocycles. The van der Waals surface area contributed by atoms with Gasteiger partial charge in [-0.3, -0.25) is 9.69 Å². The molecule has 1 rings (SSSR count). The molecule has 0 amide bonds. The Bertz CT molecular complexity index is 234. The Morgan fingerprint density at radius 1 is 1.29 bits per heavy atom. The number of nitrogens with zero attached hydrogens (tertiary/aromatic N) is 1. The highest BCUT2D eigenvalue weighted by molar-refractivity contribution is 5.75. The summed E-state index contributed by atoms with van der Waals surface area (Å²) in [6.07, 6.45) is 5.07. The van der Waals surface area contributed by atoms with Crippen LogP contribution in [0.15, 0.2) is 0 Å². The summed E-state index contributed by atoms with van der Waals surface area (Å²) in [6.45, 7) is 9.74. The van der Waals surface area contributed by atoms with Crippen molar-refractivity contribution in [2.75, 3.05) is 13.2 Å². The molecule has 0 N–H and O–H groups in total. The molecule has 0 aromatic carbocycles. The van der Waals surface area contributed by atoms with Crippen molar-refractivity contribution in [3.8, 4) is 0 Å². The maximum atomic E-state index is 11.9. The van der Waals surface area contributed by atoms with Crippen LogP contribution in [-0.2, 0) is 9.53 Å². The second kappa shape index (κ2) is 7.00. The van der Waals surface area contributed by atoms with E-state index in [0.29, 0.717) is 18.6 Å². The molecular formula is C14H27NO2. The number of hydrogen-bond acceptors (Lipinski definition) is 3. The van der Waals surface area contributed by atoms with Gasteiger partial charge >= 0.3 is 5.97 Å². The van der Waals surface area contributed by atoms with Gasteiger partial charge in [-0.05, 0) is 32.6 Å². The molecule has 3 heteroatoms. The highest BCUT2D eigenvalue weighted by Gasteiger charge is 2.31. The van der Waals surface area contributed by atoms with E-state index in [1.54, 1.807) is 0 Å². The molecular weight excluding hydrogens is 214 g/mol. The smallest absolute Gasteiger partial charge is 0.323 e. The molecule has 0 aromatic rings. The molecule has 1 fully saturated rings. The van der Waals surface area contributed by atoms with Crippen molar-refractivity contribution in [2.24, 2.45) is 5.92 Å². The molecule has 1 unspecified atom stereocenters. The molecule has 0 bridgehead atoms. The molecule has 100 valence electrons. The lowest BCUT2D eigenvalue weighted by molar-refractivity contribution is -0.150. The first-order valence-electron chi connectivity index (χ1n) is 6.98. The van der Waals surface area contributed by atoms with E-state index in [9.17, 15) is 4.79 Å². The topological polar surface area (TPSA) is 29.5 Å². The lowest BCUT2D eigenvalue weighted by Crippen LogP contribution is -2.47. The second-order valence-corrected chi connectivity index (χ2v) is 5.46. The van der Waals surface area contributed by atoms with Crippen LogP contribution in [0.5, 0.6) is 0 Å². The van der Waals surface area contributed by atoms with Crippen molar-refractivity contribution in [3.05, 3.63) is 0 Å². The fourth-order valence-electron chi connectivity index (χ4n) is 2.68. The van der Waals surface area contributed by atoms with Gasteiger partial charge in [0.15, 0.2) is 0 Å². The van der Waals surface area contributed by atoms with E-state index >= 15 is 0 Å². The van der Waals surface area contributed by atoms with Crippen LogP contribution in [0.4, 0.5) is 0 Å². The SMILES string of the molecule is CCOC(=O)C(C)N(CC(C)C)C1CCCC1. The zero-order chi connectivity index (χ0) is 12.8. The van der Waals surface area contributed by atoms with Crippen molar-refractivity contribution in [3.63, 3.8) is 0 Å². The van der Waals surface area contributed by atoms with E-state index in [2.05, 4.69) is 18.7 Å². The van der Waals surface area contributed by atoms with Gasteiger partial charge in [-0.25, -0.2) is 0 Å². The predicted molar refractivity (Wildman–Crippen MR) is 69.9 cm³/mol. The molecule has 0 aliphatic heterocycles. The molecule has 1 aliphatic carbocycles. The Morgan fingerprint density at radius 2 is 1.88 bits per heavy atom. The number of esters is 1. The van der Waals surface area contributed by atoms with Crippen molar-refractivity contribution in [1.29, 1.82) is 0 Å². The van der Waals surface area contributed by atoms with Gasteiger partial charge in [0.1, 0.15) is 6.04 Å². The minimum absolute atomic E-state index is 0.0694. The summed E-state index contributed by atoms with van der Waals surface area (Å²) >= 11 is 0. The molecule has 0 spiro atoms. The summed E-state index contributed by atoms with van der Waals surface area (Å²) in [5.41, 5.74) is 0. The standard InChI is InChI=1S/C14H27NO2/c1-5-17-14(16)12(4)15(10-11(2)3)13-8-6-7-9-13/h11-13H,5-10H2,1-4H3. The van der Waals surface area contributed by atoms with Crippen LogP contribution >= 0.6 is 0 Å². The van der Waals surface area contributed by atoms with Crippen LogP contribution in [0.1, 0.15) is 53.4 Å². The predicted octanol–water partition coefficient (Wildman–Crippen LogP) is 2.84. The van der Waals surface area contributed by atoms with Crippen LogP contribution in [-0.4, -0.2) is 36.1 Å². The van der Waals surface area contributed by atoms with Crippen LogP contribution in [0, 0.1) is 5.92 Å². The van der Waals surface area contributed by atoms with Crippen molar-refractivity contribution in [1.82, 2.24) is 4.90 Å². The largest absolute Gasteiger partial charge is 0.465 e. The van der Waals surface area contributed by atoms with Gasteiger partial charge in [0.25, 0.3) is 0 Å². The van der Waals surface area contributed by atoms with E-state index in [0.717, 1.165) is 6.54 Å². The summed E-state index contributed by atoms with van der Waals surface area (Å²) in [5, 5.41) is 0. The first-order chi connectivity index (χ1) is 8.06. The van der Waals surface area contributed by atoms with E-state index in [-0.39, 0.29) is 12.0 Å². The second-order valence-electron chi connectivity index (χ2n) is 5.46. The summed E-state index contributed by atoms with van der Waals surface area (Å²) in [6, 6.07) is 0.484. The van der Waals surface area contributed by atoms with Gasteiger partial charge in [0.2, 0.25) is 0 Å². The van der Waals surface area contributed by atoms with Crippen molar-refractivity contribution >= 4 is 5.97 Å². The Balaban J connectivity index is 2.63. The molecule has 0 heterocycles. The Labute approximate surface area is 106 Å². The number of hydrogen-bond donors (Lipinski definition) is 0. The summed E-state index contributed by atoms with van der Waals surface area (Å²) in [7, 11) is 0. The Morgan fingerprint density at radius 3 is 2.35 bits per heavy atom. The number of rotatable bonds is 6. The maximum absolute atomic E-state index is 11.9. The minimum Gasteiger partial charge on any atom is -0.465 e. The van der Waals surface area contributed by atoms with E-state index in [1.807, 2.05) is 13.8 Å². The third-order valence-electron chi connectivity index (χ3n) is 3.49. The van der Waals surface area contributed by atoms with Crippen molar-refractivity contribution < 1.29 is 9.53 Å². The highest BCUT2D eigenvalue weighted by atomic mass is 16.5. The first-order valence-corrected chi connectivity index (χ1v) is 6.98. The first kappa shape index (κ1) is 14.5. The quantitative estimate of drug-likeness (QED) is 0.670. The average Bonchev–Trinajstić information content (AvgIpc) is 2.78. The van der Waals surface area contributed by atoms with E-state index in [1.165, 1.54) is 25.7 Å². The van der Waals surface area contributed by atoms with Crippen LogP contribution in [0.25, 0.3) is 0 Å². The lowest BCUT2D eigenvalue weighted by Gasteiger charge is -2.34. The van der Waals surface area contributed by atoms with Crippen molar-refractivity contribution in [2.45, 2.75) is 65.5 Å². The van der Waals surface area contributed by atoms with E-state index < -0.39 is 0 Å². The van der Waals surface area contributed by atoms with Gasteiger partial charge in [0, 0.05) is 12.6 Å². The number of ether oxygens (including phenoxy) is 1. The normalized spacial score (nSPS) is 18.9. The van der Waals surface area contributed by atoms with E-state index in [4.69, 9.17) is 4.74 Å². The highest BCUT2D eigenvalue weighted by Crippen LogP contribution is 2.26. The van der Waals surface area contributed by atoms with Gasteiger partial charge in [-0.1, -0.05) is 26.7 Å². The molecule has 3 nitrogen and oxygen atoms in total. The monoisotopic (exact) mass is 241 g/mol. The van der Waals surface area contributed by atoms with Crippen LogP contribution in [0.3, 0.4) is 0 Å². The Hall–Kier alpha value is -0.570. The fraction of sp³-hybridized carbons (Fsp3) is 0.929. The molecule has 1 saturated carbocycles. The maximum Gasteiger partial charge on any atom is 0.323 e. The van der Waals surface area contributed by atoms with Gasteiger partial charge in [-0.15, -0.1) is 0 Å². The third kappa shape index (κ3) is 4.30. The fourth-order valence-corrected chi connectivity index (χ4v) is 2.68. The molecule has 17 heavy (non-hydrogen) atoms. The van der Waals surface area contributed by atoms with Gasteiger partial charge in [-0.2, -0.15) is 0 Å². The van der Waals surface area contributed by atoms with Crippen LogP contribution < -0.4 is 0 Å². The molecule has 0 saturated heterocycles. The summed E-state index contributed by atoms with van der Waals surface area (Å²) in [5.74, 6) is 0.521. The molecule has 1 aliphatic rings. The number of carbonyl (C=O) groups is 1. The van der Waals surface area contributed by atoms with Gasteiger partial charge in [0.05, 0.1) is 6.61 Å². The lowest BCUT2D eigenvalue weighted by atomic mass is 10.1. The van der Waals surface area contributed by atoms with Crippen LogP contribution in [0.2, 0.25) is 0 Å². The molecule has 1 atom stereocenters. The number of carbonyl (C=O) groups excluding carboxylic acids is 1. The summed E-state index contributed by atoms with van der Waals surface area (Å²) < 4.78 is 5.15. The average molecular weight is 241 g/mol. The zero-order valence-corrected chi connectivity index (χ0v) is 11.7. The third-order valence-corrected chi connectivity index (χ3v) is 3.49. The zero-order valence-electron chi connectivity index (χ0n) is 11.7. The summed E-state index contributed by atoms with van der Waals surface area (Å²) in [4.78, 5) is 14.2. The van der Waals surface area contributed by atoms with Gasteiger partial charge < -0.3 is 4.74 Å². The molecule has 0 radical (unpaired) electrons.